The van der Waals surface area contributed by atoms with E-state index in [1.807, 2.05) is 59.5 Å². The maximum Gasteiger partial charge on any atom is 0.257 e. The van der Waals surface area contributed by atoms with Gasteiger partial charge >= 0.3 is 0 Å². The normalized spacial score (nSPS) is 14.0. The van der Waals surface area contributed by atoms with E-state index >= 15 is 0 Å². The third kappa shape index (κ3) is 4.00. The first-order valence-electron chi connectivity index (χ1n) is 10.9. The first-order valence-corrected chi connectivity index (χ1v) is 11.3. The first-order chi connectivity index (χ1) is 16.0. The van der Waals surface area contributed by atoms with Crippen LogP contribution in [0.5, 0.6) is 0 Å². The molecule has 1 aliphatic rings. The number of carbonyl (C=O) groups excluding carboxylic acids is 1. The van der Waals surface area contributed by atoms with Gasteiger partial charge in [0, 0.05) is 48.0 Å². The van der Waals surface area contributed by atoms with Crippen LogP contribution >= 0.6 is 11.6 Å². The summed E-state index contributed by atoms with van der Waals surface area (Å²) in [5, 5.41) is 1.12. The van der Waals surface area contributed by atoms with Gasteiger partial charge in [-0.25, -0.2) is 0 Å². The lowest BCUT2D eigenvalue weighted by molar-refractivity contribution is 0.0747. The average molecular weight is 459 g/mol. The highest BCUT2D eigenvalue weighted by atomic mass is 35.5. The van der Waals surface area contributed by atoms with E-state index in [0.717, 1.165) is 11.3 Å². The Bertz CT molecular complexity index is 1390. The van der Waals surface area contributed by atoms with Gasteiger partial charge in [0.2, 0.25) is 0 Å². The van der Waals surface area contributed by atoms with Crippen LogP contribution in [-0.4, -0.2) is 37.0 Å². The molecule has 0 unspecified atom stereocenters. The van der Waals surface area contributed by atoms with Gasteiger partial charge in [-0.1, -0.05) is 54.1 Å². The number of hydrogen-bond acceptors (Lipinski definition) is 4. The Morgan fingerprint density at radius 1 is 0.909 bits per heavy atom. The molecule has 1 amide bonds. The average Bonchev–Trinajstić information content (AvgIpc) is 2.86. The second kappa shape index (κ2) is 8.75. The summed E-state index contributed by atoms with van der Waals surface area (Å²) in [6.45, 7) is 4.31. The molecule has 0 bridgehead atoms. The highest BCUT2D eigenvalue weighted by Gasteiger charge is 2.25. The van der Waals surface area contributed by atoms with Gasteiger partial charge in [0.1, 0.15) is 5.76 Å². The van der Waals surface area contributed by atoms with Crippen molar-refractivity contribution < 1.29 is 9.21 Å². The fourth-order valence-electron chi connectivity index (χ4n) is 4.35. The van der Waals surface area contributed by atoms with Gasteiger partial charge in [-0.3, -0.25) is 9.59 Å². The van der Waals surface area contributed by atoms with E-state index in [2.05, 4.69) is 4.90 Å². The number of halogens is 1. The summed E-state index contributed by atoms with van der Waals surface area (Å²) in [5.74, 6) is 0.372. The third-order valence-corrected chi connectivity index (χ3v) is 6.39. The third-order valence-electron chi connectivity index (χ3n) is 6.15. The Labute approximate surface area is 196 Å². The standard InChI is InChI=1S/C27H23ClN2O3/c1-18-24(31)22-11-6-12-23(26(22)33-25(18)19-7-3-2-4-8-19)27(32)30-15-13-29(14-16-30)21-10-5-9-20(28)17-21/h2-12,17H,13-16H2,1H3. The van der Waals surface area contributed by atoms with Crippen LogP contribution in [0.15, 0.2) is 82.0 Å². The Kier molecular flexibility index (Phi) is 5.65. The van der Waals surface area contributed by atoms with E-state index in [1.54, 1.807) is 25.1 Å². The number of piperazine rings is 1. The number of rotatable bonds is 3. The second-order valence-electron chi connectivity index (χ2n) is 8.19. The van der Waals surface area contributed by atoms with Crippen LogP contribution in [0.1, 0.15) is 15.9 Å². The lowest BCUT2D eigenvalue weighted by Crippen LogP contribution is -2.48. The largest absolute Gasteiger partial charge is 0.455 e. The molecule has 5 nitrogen and oxygen atoms in total. The van der Waals surface area contributed by atoms with Crippen molar-refractivity contribution in [2.75, 3.05) is 31.1 Å². The summed E-state index contributed by atoms with van der Waals surface area (Å²) in [6, 6.07) is 22.5. The SMILES string of the molecule is Cc1c(-c2ccccc2)oc2c(C(=O)N3CCN(c4cccc(Cl)c4)CC3)cccc2c1=O. The van der Waals surface area contributed by atoms with Crippen molar-refractivity contribution in [3.05, 3.63) is 99.2 Å². The Morgan fingerprint density at radius 2 is 1.64 bits per heavy atom. The van der Waals surface area contributed by atoms with Crippen molar-refractivity contribution >= 4 is 34.2 Å². The van der Waals surface area contributed by atoms with Gasteiger partial charge in [0.25, 0.3) is 5.91 Å². The highest BCUT2D eigenvalue weighted by molar-refractivity contribution is 6.30. The highest BCUT2D eigenvalue weighted by Crippen LogP contribution is 2.28. The molecule has 0 spiro atoms. The van der Waals surface area contributed by atoms with Gasteiger partial charge in [0.15, 0.2) is 11.0 Å². The quantitative estimate of drug-likeness (QED) is 0.413. The van der Waals surface area contributed by atoms with Gasteiger partial charge in [0.05, 0.1) is 10.9 Å². The summed E-state index contributed by atoms with van der Waals surface area (Å²) in [6.07, 6.45) is 0. The number of benzene rings is 3. The number of carbonyl (C=O) groups is 1. The molecule has 0 radical (unpaired) electrons. The summed E-state index contributed by atoms with van der Waals surface area (Å²) in [5.41, 5.74) is 3.04. The first kappa shape index (κ1) is 21.3. The van der Waals surface area contributed by atoms with Crippen molar-refractivity contribution in [1.29, 1.82) is 0 Å². The number of nitrogens with zero attached hydrogens (tertiary/aromatic N) is 2. The predicted octanol–water partition coefficient (Wildman–Crippen LogP) is 5.38. The molecule has 4 aromatic rings. The second-order valence-corrected chi connectivity index (χ2v) is 8.63. The zero-order chi connectivity index (χ0) is 22.9. The Morgan fingerprint density at radius 3 is 2.36 bits per heavy atom. The van der Waals surface area contributed by atoms with Crippen LogP contribution in [0.2, 0.25) is 5.02 Å². The van der Waals surface area contributed by atoms with E-state index in [4.69, 9.17) is 16.0 Å². The molecule has 3 aromatic carbocycles. The molecule has 2 heterocycles. The monoisotopic (exact) mass is 458 g/mol. The van der Waals surface area contributed by atoms with E-state index in [-0.39, 0.29) is 11.3 Å². The molecular weight excluding hydrogens is 436 g/mol. The van der Waals surface area contributed by atoms with Crippen molar-refractivity contribution in [3.8, 4) is 11.3 Å². The fraction of sp³-hybridized carbons (Fsp3) is 0.185. The Balaban J connectivity index is 1.47. The van der Waals surface area contributed by atoms with Gasteiger partial charge < -0.3 is 14.2 Å². The summed E-state index contributed by atoms with van der Waals surface area (Å²) < 4.78 is 6.23. The van der Waals surface area contributed by atoms with E-state index in [1.165, 1.54) is 0 Å². The molecule has 166 valence electrons. The van der Waals surface area contributed by atoms with Crippen molar-refractivity contribution in [2.45, 2.75) is 6.92 Å². The molecular formula is C27H23ClN2O3. The number of amides is 1. The van der Waals surface area contributed by atoms with Crippen LogP contribution in [0.4, 0.5) is 5.69 Å². The molecule has 5 rings (SSSR count). The molecule has 0 N–H and O–H groups in total. The van der Waals surface area contributed by atoms with Crippen molar-refractivity contribution in [3.63, 3.8) is 0 Å². The molecule has 1 aliphatic heterocycles. The minimum absolute atomic E-state index is 0.115. The van der Waals surface area contributed by atoms with Crippen molar-refractivity contribution in [1.82, 2.24) is 4.90 Å². The fourth-order valence-corrected chi connectivity index (χ4v) is 4.54. The smallest absolute Gasteiger partial charge is 0.257 e. The van der Waals surface area contributed by atoms with Gasteiger partial charge in [-0.15, -0.1) is 0 Å². The topological polar surface area (TPSA) is 53.8 Å². The van der Waals surface area contributed by atoms with E-state index in [0.29, 0.717) is 59.1 Å². The number of hydrogen-bond donors (Lipinski definition) is 0. The molecule has 1 saturated heterocycles. The lowest BCUT2D eigenvalue weighted by atomic mass is 10.0. The number of fused-ring (bicyclic) bond motifs is 1. The van der Waals surface area contributed by atoms with Gasteiger partial charge in [-0.2, -0.15) is 0 Å². The van der Waals surface area contributed by atoms with Crippen LogP contribution in [-0.2, 0) is 0 Å². The molecule has 1 aromatic heterocycles. The Hall–Kier alpha value is -3.57. The summed E-state index contributed by atoms with van der Waals surface area (Å²) in [7, 11) is 0. The molecule has 0 aliphatic carbocycles. The van der Waals surface area contributed by atoms with Crippen LogP contribution in [0.3, 0.4) is 0 Å². The maximum atomic E-state index is 13.5. The molecule has 0 atom stereocenters. The molecule has 1 fully saturated rings. The molecule has 0 saturated carbocycles. The molecule has 6 heteroatoms. The zero-order valence-electron chi connectivity index (χ0n) is 18.3. The summed E-state index contributed by atoms with van der Waals surface area (Å²) in [4.78, 5) is 30.6. The maximum absolute atomic E-state index is 13.5. The minimum Gasteiger partial charge on any atom is -0.455 e. The minimum atomic E-state index is -0.127. The number of para-hydroxylation sites is 1. The zero-order valence-corrected chi connectivity index (χ0v) is 19.0. The van der Waals surface area contributed by atoms with Gasteiger partial charge in [-0.05, 0) is 37.3 Å². The van der Waals surface area contributed by atoms with E-state index < -0.39 is 0 Å². The van der Waals surface area contributed by atoms with Crippen LogP contribution < -0.4 is 10.3 Å². The lowest BCUT2D eigenvalue weighted by Gasteiger charge is -2.36. The van der Waals surface area contributed by atoms with Crippen LogP contribution in [0, 0.1) is 6.92 Å². The van der Waals surface area contributed by atoms with E-state index in [9.17, 15) is 9.59 Å². The van der Waals surface area contributed by atoms with Crippen LogP contribution in [0.25, 0.3) is 22.3 Å². The number of anilines is 1. The van der Waals surface area contributed by atoms with Crippen molar-refractivity contribution in [2.24, 2.45) is 0 Å². The predicted molar refractivity (Wildman–Crippen MR) is 132 cm³/mol. The molecule has 33 heavy (non-hydrogen) atoms. The summed E-state index contributed by atoms with van der Waals surface area (Å²) >= 11 is 6.13.